The molecule has 4 nitrogen and oxygen atoms in total. The van der Waals surface area contributed by atoms with Crippen LogP contribution in [0.15, 0.2) is 18.2 Å². The van der Waals surface area contributed by atoms with Gasteiger partial charge in [-0.1, -0.05) is 28.9 Å². The Hall–Kier alpha value is -1.23. The van der Waals surface area contributed by atoms with Gasteiger partial charge in [0.1, 0.15) is 6.29 Å². The average molecular weight is 272 g/mol. The van der Waals surface area contributed by atoms with Gasteiger partial charge in [0.2, 0.25) is 0 Å². The van der Waals surface area contributed by atoms with Crippen molar-refractivity contribution < 1.29 is 9.72 Å². The van der Waals surface area contributed by atoms with E-state index in [1.807, 2.05) is 0 Å². The third-order valence-corrected chi connectivity index (χ3v) is 2.79. The van der Waals surface area contributed by atoms with Gasteiger partial charge in [-0.3, -0.25) is 10.1 Å². The molecule has 0 bridgehead atoms. The maximum Gasteiger partial charge on any atom is 0.273 e. The molecule has 0 fully saturated rings. The van der Waals surface area contributed by atoms with Crippen LogP contribution < -0.4 is 0 Å². The van der Waals surface area contributed by atoms with Crippen molar-refractivity contribution in [1.82, 2.24) is 0 Å². The Balaban J connectivity index is 3.28. The second-order valence-corrected chi connectivity index (χ2v) is 3.77. The number of carbonyl (C=O) groups is 1. The van der Waals surface area contributed by atoms with Crippen molar-refractivity contribution >= 4 is 27.9 Å². The highest BCUT2D eigenvalue weighted by molar-refractivity contribution is 9.08. The van der Waals surface area contributed by atoms with E-state index in [9.17, 15) is 14.9 Å². The molecule has 0 aliphatic heterocycles. The Morgan fingerprint density at radius 3 is 2.73 bits per heavy atom. The summed E-state index contributed by atoms with van der Waals surface area (Å²) in [7, 11) is 0. The van der Waals surface area contributed by atoms with E-state index >= 15 is 0 Å². The number of hydrogen-bond donors (Lipinski definition) is 0. The first-order valence-electron chi connectivity index (χ1n) is 4.38. The van der Waals surface area contributed by atoms with E-state index in [0.717, 1.165) is 5.56 Å². The lowest BCUT2D eigenvalue weighted by Crippen LogP contribution is -2.01. The van der Waals surface area contributed by atoms with E-state index in [4.69, 9.17) is 0 Å². The van der Waals surface area contributed by atoms with Crippen LogP contribution in [-0.2, 0) is 10.1 Å². The molecule has 1 aromatic carbocycles. The number of nitro groups is 1. The summed E-state index contributed by atoms with van der Waals surface area (Å²) < 4.78 is 0. The fourth-order valence-corrected chi connectivity index (χ4v) is 1.64. The predicted molar refractivity (Wildman–Crippen MR) is 60.2 cm³/mol. The number of benzene rings is 1. The molecule has 0 aromatic heterocycles. The van der Waals surface area contributed by atoms with Crippen molar-refractivity contribution in [2.24, 2.45) is 0 Å². The molecule has 0 aliphatic rings. The molecule has 0 N–H and O–H groups in total. The molecular formula is C10H10BrNO3. The third kappa shape index (κ3) is 2.62. The number of alkyl halides is 1. The Morgan fingerprint density at radius 2 is 2.27 bits per heavy atom. The van der Waals surface area contributed by atoms with Crippen LogP contribution in [0, 0.1) is 10.1 Å². The first kappa shape index (κ1) is 11.8. The van der Waals surface area contributed by atoms with Crippen LogP contribution in [-0.4, -0.2) is 11.2 Å². The Bertz CT molecular complexity index is 392. The van der Waals surface area contributed by atoms with Crippen molar-refractivity contribution in [3.05, 3.63) is 39.4 Å². The third-order valence-electron chi connectivity index (χ3n) is 2.14. The van der Waals surface area contributed by atoms with E-state index in [1.54, 1.807) is 19.1 Å². The standard InChI is InChI=1S/C10H10BrNO3/c1-7(6-13)9-4-8(5-11)2-3-10(9)12(14)15/h2-4,6-7H,5H2,1H3. The maximum absolute atomic E-state index is 10.7. The lowest BCUT2D eigenvalue weighted by molar-refractivity contribution is -0.385. The number of nitrogens with zero attached hydrogens (tertiary/aromatic N) is 1. The molecule has 15 heavy (non-hydrogen) atoms. The van der Waals surface area contributed by atoms with Crippen molar-refractivity contribution in [2.45, 2.75) is 18.2 Å². The molecule has 0 saturated heterocycles. The number of rotatable bonds is 4. The number of halogens is 1. The molecule has 1 atom stereocenters. The zero-order chi connectivity index (χ0) is 11.4. The predicted octanol–water partition coefficient (Wildman–Crippen LogP) is 2.79. The van der Waals surface area contributed by atoms with E-state index in [0.29, 0.717) is 17.2 Å². The van der Waals surface area contributed by atoms with Crippen LogP contribution in [0.5, 0.6) is 0 Å². The lowest BCUT2D eigenvalue weighted by Gasteiger charge is -2.06. The topological polar surface area (TPSA) is 60.2 Å². The minimum absolute atomic E-state index is 0.000648. The second kappa shape index (κ2) is 5.02. The van der Waals surface area contributed by atoms with Crippen molar-refractivity contribution in [2.75, 3.05) is 0 Å². The van der Waals surface area contributed by atoms with Gasteiger partial charge in [0.05, 0.1) is 4.92 Å². The molecule has 1 unspecified atom stereocenters. The van der Waals surface area contributed by atoms with Gasteiger partial charge in [-0.2, -0.15) is 0 Å². The number of aldehydes is 1. The van der Waals surface area contributed by atoms with E-state index in [2.05, 4.69) is 15.9 Å². The van der Waals surface area contributed by atoms with Crippen LogP contribution >= 0.6 is 15.9 Å². The highest BCUT2D eigenvalue weighted by Crippen LogP contribution is 2.27. The summed E-state index contributed by atoms with van der Waals surface area (Å²) in [5.41, 5.74) is 1.38. The molecule has 0 amide bonds. The van der Waals surface area contributed by atoms with Gasteiger partial charge in [-0.15, -0.1) is 0 Å². The van der Waals surface area contributed by atoms with Crippen LogP contribution in [0.1, 0.15) is 24.0 Å². The second-order valence-electron chi connectivity index (χ2n) is 3.21. The smallest absolute Gasteiger partial charge is 0.273 e. The van der Waals surface area contributed by atoms with Gasteiger partial charge in [0, 0.05) is 22.9 Å². The summed E-state index contributed by atoms with van der Waals surface area (Å²) in [5, 5.41) is 11.3. The van der Waals surface area contributed by atoms with Crippen molar-refractivity contribution in [3.63, 3.8) is 0 Å². The molecule has 1 rings (SSSR count). The van der Waals surface area contributed by atoms with Gasteiger partial charge in [-0.05, 0) is 11.6 Å². The normalized spacial score (nSPS) is 12.1. The summed E-state index contributed by atoms with van der Waals surface area (Å²) in [5.74, 6) is -0.454. The van der Waals surface area contributed by atoms with Crippen LogP contribution in [0.4, 0.5) is 5.69 Å². The molecule has 0 spiro atoms. The van der Waals surface area contributed by atoms with Crippen LogP contribution in [0.25, 0.3) is 0 Å². The molecule has 80 valence electrons. The highest BCUT2D eigenvalue weighted by Gasteiger charge is 2.18. The minimum atomic E-state index is -0.465. The minimum Gasteiger partial charge on any atom is -0.303 e. The van der Waals surface area contributed by atoms with Gasteiger partial charge in [0.15, 0.2) is 0 Å². The summed E-state index contributed by atoms with van der Waals surface area (Å²) >= 11 is 3.27. The average Bonchev–Trinajstić information content (AvgIpc) is 2.26. The number of carbonyl (C=O) groups excluding carboxylic acids is 1. The van der Waals surface area contributed by atoms with E-state index in [-0.39, 0.29) is 5.69 Å². The summed E-state index contributed by atoms with van der Waals surface area (Å²) in [6.07, 6.45) is 0.709. The Kier molecular flexibility index (Phi) is 3.96. The van der Waals surface area contributed by atoms with Gasteiger partial charge >= 0.3 is 0 Å². The number of hydrogen-bond acceptors (Lipinski definition) is 3. The fraction of sp³-hybridized carbons (Fsp3) is 0.300. The van der Waals surface area contributed by atoms with Crippen molar-refractivity contribution in [3.8, 4) is 0 Å². The van der Waals surface area contributed by atoms with Gasteiger partial charge in [-0.25, -0.2) is 0 Å². The summed E-state index contributed by atoms with van der Waals surface area (Å²) in [4.78, 5) is 20.9. The van der Waals surface area contributed by atoms with Gasteiger partial charge < -0.3 is 4.79 Å². The lowest BCUT2D eigenvalue weighted by atomic mass is 9.99. The Labute approximate surface area is 95.6 Å². The zero-order valence-electron chi connectivity index (χ0n) is 8.14. The largest absolute Gasteiger partial charge is 0.303 e. The molecule has 0 aliphatic carbocycles. The molecule has 0 radical (unpaired) electrons. The molecule has 5 heteroatoms. The molecule has 0 heterocycles. The van der Waals surface area contributed by atoms with Crippen LogP contribution in [0.3, 0.4) is 0 Å². The maximum atomic E-state index is 10.7. The first-order chi connectivity index (χ1) is 7.10. The SMILES string of the molecule is CC(C=O)c1cc(CBr)ccc1[N+](=O)[O-]. The monoisotopic (exact) mass is 271 g/mol. The van der Waals surface area contributed by atoms with Crippen molar-refractivity contribution in [1.29, 1.82) is 0 Å². The Morgan fingerprint density at radius 1 is 1.60 bits per heavy atom. The van der Waals surface area contributed by atoms with E-state index in [1.165, 1.54) is 6.07 Å². The van der Waals surface area contributed by atoms with Gasteiger partial charge in [0.25, 0.3) is 5.69 Å². The first-order valence-corrected chi connectivity index (χ1v) is 5.50. The van der Waals surface area contributed by atoms with E-state index < -0.39 is 10.8 Å². The number of nitro benzene ring substituents is 1. The summed E-state index contributed by atoms with van der Waals surface area (Å²) in [6, 6.07) is 4.80. The molecule has 1 aromatic rings. The van der Waals surface area contributed by atoms with Crippen LogP contribution in [0.2, 0.25) is 0 Å². The highest BCUT2D eigenvalue weighted by atomic mass is 79.9. The molecular weight excluding hydrogens is 262 g/mol. The fourth-order valence-electron chi connectivity index (χ4n) is 1.29. The summed E-state index contributed by atoms with van der Waals surface area (Å²) in [6.45, 7) is 1.65. The molecule has 0 saturated carbocycles. The quantitative estimate of drug-likeness (QED) is 0.366. The zero-order valence-corrected chi connectivity index (χ0v) is 9.73.